The van der Waals surface area contributed by atoms with Gasteiger partial charge in [-0.25, -0.2) is 9.97 Å². The van der Waals surface area contributed by atoms with Crippen molar-refractivity contribution < 1.29 is 0 Å². The van der Waals surface area contributed by atoms with Crippen molar-refractivity contribution in [3.8, 4) is 0 Å². The minimum absolute atomic E-state index is 0.226. The molecule has 2 aromatic rings. The molecule has 0 amide bonds. The maximum absolute atomic E-state index is 6.76. The highest BCUT2D eigenvalue weighted by Crippen LogP contribution is 2.40. The van der Waals surface area contributed by atoms with Crippen molar-refractivity contribution in [1.29, 1.82) is 0 Å². The molecular formula is C20H29ClN6. The molecule has 1 unspecified atom stereocenters. The average molecular weight is 389 g/mol. The van der Waals surface area contributed by atoms with Crippen molar-refractivity contribution in [2.24, 2.45) is 11.8 Å². The summed E-state index contributed by atoms with van der Waals surface area (Å²) in [6.07, 6.45) is 6.53. The molecule has 6 nitrogen and oxygen atoms in total. The van der Waals surface area contributed by atoms with Crippen LogP contribution in [-0.2, 0) is 6.54 Å². The van der Waals surface area contributed by atoms with Crippen LogP contribution in [0.3, 0.4) is 0 Å². The number of hydrogen-bond acceptors (Lipinski definition) is 5. The topological polar surface area (TPSA) is 58.9 Å². The Morgan fingerprint density at radius 3 is 2.81 bits per heavy atom. The molecule has 2 fully saturated rings. The Bertz CT molecular complexity index is 798. The molecule has 0 aromatic carbocycles. The van der Waals surface area contributed by atoms with E-state index in [4.69, 9.17) is 16.7 Å². The summed E-state index contributed by atoms with van der Waals surface area (Å²) in [5, 5.41) is 8.94. The molecule has 0 radical (unpaired) electrons. The molecule has 1 atom stereocenters. The molecule has 1 aliphatic heterocycles. The smallest absolute Gasteiger partial charge is 0.134 e. The number of halogens is 1. The van der Waals surface area contributed by atoms with Crippen molar-refractivity contribution in [2.75, 3.05) is 23.3 Å². The molecule has 146 valence electrons. The third-order valence-corrected chi connectivity index (χ3v) is 5.85. The first-order valence-electron chi connectivity index (χ1n) is 10.1. The van der Waals surface area contributed by atoms with E-state index in [0.29, 0.717) is 5.92 Å². The highest BCUT2D eigenvalue weighted by molar-refractivity contribution is 6.30. The van der Waals surface area contributed by atoms with Crippen LogP contribution in [0, 0.1) is 18.8 Å². The highest BCUT2D eigenvalue weighted by atomic mass is 35.5. The number of hydrogen-bond donors (Lipinski definition) is 1. The van der Waals surface area contributed by atoms with E-state index in [0.717, 1.165) is 66.4 Å². The van der Waals surface area contributed by atoms with Crippen LogP contribution in [0.15, 0.2) is 12.4 Å². The second-order valence-electron chi connectivity index (χ2n) is 8.30. The van der Waals surface area contributed by atoms with Crippen LogP contribution in [0.1, 0.15) is 56.8 Å². The molecule has 1 saturated carbocycles. The van der Waals surface area contributed by atoms with Gasteiger partial charge in [0.15, 0.2) is 0 Å². The zero-order valence-electron chi connectivity index (χ0n) is 16.5. The van der Waals surface area contributed by atoms with Crippen molar-refractivity contribution >= 4 is 23.2 Å². The fraction of sp³-hybridized carbons (Fsp3) is 0.650. The van der Waals surface area contributed by atoms with E-state index in [1.165, 1.54) is 12.8 Å². The molecule has 1 aliphatic carbocycles. The molecule has 3 heterocycles. The summed E-state index contributed by atoms with van der Waals surface area (Å²) >= 11 is 6.76. The van der Waals surface area contributed by atoms with Gasteiger partial charge in [-0.05, 0) is 44.4 Å². The first-order chi connectivity index (χ1) is 13.0. The predicted molar refractivity (Wildman–Crippen MR) is 109 cm³/mol. The summed E-state index contributed by atoms with van der Waals surface area (Å²) in [6, 6.07) is 2.30. The van der Waals surface area contributed by atoms with Crippen LogP contribution in [-0.4, -0.2) is 32.8 Å². The van der Waals surface area contributed by atoms with E-state index < -0.39 is 0 Å². The van der Waals surface area contributed by atoms with Gasteiger partial charge >= 0.3 is 0 Å². The molecule has 1 N–H and O–H groups in total. The normalized spacial score (nSPS) is 19.9. The van der Waals surface area contributed by atoms with Crippen LogP contribution >= 0.6 is 11.6 Å². The van der Waals surface area contributed by atoms with Crippen LogP contribution in [0.4, 0.5) is 11.6 Å². The van der Waals surface area contributed by atoms with E-state index in [2.05, 4.69) is 47.0 Å². The Kier molecular flexibility index (Phi) is 5.26. The van der Waals surface area contributed by atoms with Gasteiger partial charge in [-0.1, -0.05) is 25.4 Å². The highest BCUT2D eigenvalue weighted by Gasteiger charge is 2.32. The van der Waals surface area contributed by atoms with Crippen LogP contribution in [0.2, 0.25) is 5.15 Å². The molecule has 0 bridgehead atoms. The fourth-order valence-corrected chi connectivity index (χ4v) is 4.29. The standard InChI is InChI=1S/C20H29ClN6/c1-13(2)11-27-20(21)19(14(3)25-27)16-5-4-8-26(16)18-9-17(23-12-24-18)22-10-15-6-7-15/h9,12-13,15-16H,4-8,10-11H2,1-3H3,(H,22,23,24). The lowest BCUT2D eigenvalue weighted by Gasteiger charge is -2.26. The number of nitrogens with one attached hydrogen (secondary N) is 1. The van der Waals surface area contributed by atoms with Crippen LogP contribution < -0.4 is 10.2 Å². The quantitative estimate of drug-likeness (QED) is 0.759. The summed E-state index contributed by atoms with van der Waals surface area (Å²) in [5.41, 5.74) is 2.18. The molecule has 7 heteroatoms. The number of anilines is 2. The Morgan fingerprint density at radius 1 is 1.26 bits per heavy atom. The lowest BCUT2D eigenvalue weighted by Crippen LogP contribution is -2.24. The summed E-state index contributed by atoms with van der Waals surface area (Å²) in [5.74, 6) is 3.21. The lowest BCUT2D eigenvalue weighted by atomic mass is 10.1. The SMILES string of the molecule is Cc1nn(CC(C)C)c(Cl)c1C1CCCN1c1cc(NCC2CC2)ncn1. The van der Waals surface area contributed by atoms with Gasteiger partial charge in [-0.3, -0.25) is 4.68 Å². The van der Waals surface area contributed by atoms with Crippen LogP contribution in [0.5, 0.6) is 0 Å². The van der Waals surface area contributed by atoms with Gasteiger partial charge in [-0.2, -0.15) is 5.10 Å². The Morgan fingerprint density at radius 2 is 2.07 bits per heavy atom. The monoisotopic (exact) mass is 388 g/mol. The summed E-state index contributed by atoms with van der Waals surface area (Å²) in [4.78, 5) is 11.3. The Hall–Kier alpha value is -1.82. The maximum atomic E-state index is 6.76. The van der Waals surface area contributed by atoms with E-state index >= 15 is 0 Å². The predicted octanol–water partition coefficient (Wildman–Crippen LogP) is 4.45. The third kappa shape index (κ3) is 4.05. The van der Waals surface area contributed by atoms with Crippen molar-refractivity contribution in [2.45, 2.75) is 59.0 Å². The van der Waals surface area contributed by atoms with Gasteiger partial charge in [0.25, 0.3) is 0 Å². The molecule has 1 saturated heterocycles. The summed E-state index contributed by atoms with van der Waals surface area (Å²) in [6.45, 7) is 9.27. The van der Waals surface area contributed by atoms with E-state index in [9.17, 15) is 0 Å². The minimum atomic E-state index is 0.226. The molecule has 2 aromatic heterocycles. The Balaban J connectivity index is 1.57. The van der Waals surface area contributed by atoms with Crippen molar-refractivity contribution in [3.05, 3.63) is 28.8 Å². The lowest BCUT2D eigenvalue weighted by molar-refractivity contribution is 0.481. The van der Waals surface area contributed by atoms with Gasteiger partial charge in [0.05, 0.1) is 11.7 Å². The Labute approximate surface area is 166 Å². The molecule has 2 aliphatic rings. The minimum Gasteiger partial charge on any atom is -0.370 e. The largest absolute Gasteiger partial charge is 0.370 e. The van der Waals surface area contributed by atoms with Gasteiger partial charge in [0.2, 0.25) is 0 Å². The van der Waals surface area contributed by atoms with E-state index in [-0.39, 0.29) is 6.04 Å². The second kappa shape index (κ2) is 7.66. The molecule has 4 rings (SSSR count). The van der Waals surface area contributed by atoms with Crippen molar-refractivity contribution in [1.82, 2.24) is 19.7 Å². The van der Waals surface area contributed by atoms with Crippen LogP contribution in [0.25, 0.3) is 0 Å². The number of rotatable bonds is 7. The zero-order valence-corrected chi connectivity index (χ0v) is 17.2. The third-order valence-electron chi connectivity index (χ3n) is 5.45. The van der Waals surface area contributed by atoms with Gasteiger partial charge in [-0.15, -0.1) is 0 Å². The fourth-order valence-electron chi connectivity index (χ4n) is 3.93. The van der Waals surface area contributed by atoms with Gasteiger partial charge in [0.1, 0.15) is 23.1 Å². The average Bonchev–Trinajstić information content (AvgIpc) is 3.28. The maximum Gasteiger partial charge on any atom is 0.134 e. The molecular weight excluding hydrogens is 360 g/mol. The molecule has 27 heavy (non-hydrogen) atoms. The van der Waals surface area contributed by atoms with E-state index in [1.54, 1.807) is 6.33 Å². The second-order valence-corrected chi connectivity index (χ2v) is 8.66. The first kappa shape index (κ1) is 18.5. The van der Waals surface area contributed by atoms with Gasteiger partial charge in [0, 0.05) is 31.3 Å². The summed E-state index contributed by atoms with van der Waals surface area (Å²) in [7, 11) is 0. The summed E-state index contributed by atoms with van der Waals surface area (Å²) < 4.78 is 1.95. The number of nitrogens with zero attached hydrogens (tertiary/aromatic N) is 5. The van der Waals surface area contributed by atoms with Crippen molar-refractivity contribution in [3.63, 3.8) is 0 Å². The zero-order chi connectivity index (χ0) is 19.0. The number of aryl methyl sites for hydroxylation is 1. The van der Waals surface area contributed by atoms with E-state index in [1.807, 2.05) is 4.68 Å². The first-order valence-corrected chi connectivity index (χ1v) is 10.5. The molecule has 0 spiro atoms. The number of aromatic nitrogens is 4. The van der Waals surface area contributed by atoms with Gasteiger partial charge < -0.3 is 10.2 Å².